The molecule has 0 aliphatic rings. The summed E-state index contributed by atoms with van der Waals surface area (Å²) in [4.78, 5) is 6.76. The van der Waals surface area contributed by atoms with E-state index >= 15 is 0 Å². The van der Waals surface area contributed by atoms with E-state index < -0.39 is 0 Å². The summed E-state index contributed by atoms with van der Waals surface area (Å²) in [6, 6.07) is 47.2. The zero-order valence-electron chi connectivity index (χ0n) is 21.7. The lowest BCUT2D eigenvalue weighted by atomic mass is 10.0. The summed E-state index contributed by atoms with van der Waals surface area (Å²) in [5.41, 5.74) is 7.28. The minimum absolute atomic E-state index is 0.835. The number of fused-ring (bicyclic) bond motifs is 6. The number of nitrogens with zero attached hydrogens (tertiary/aromatic N) is 2. The van der Waals surface area contributed by atoms with Gasteiger partial charge in [0.25, 0.3) is 0 Å². The van der Waals surface area contributed by atoms with Crippen molar-refractivity contribution in [3.63, 3.8) is 0 Å². The molecule has 0 radical (unpaired) electrons. The van der Waals surface area contributed by atoms with E-state index in [0.717, 1.165) is 39.0 Å². The van der Waals surface area contributed by atoms with E-state index in [1.54, 1.807) is 6.20 Å². The van der Waals surface area contributed by atoms with Crippen molar-refractivity contribution in [3.8, 4) is 11.1 Å². The Labute approximate surface area is 231 Å². The van der Waals surface area contributed by atoms with Crippen molar-refractivity contribution in [1.29, 1.82) is 0 Å². The summed E-state index contributed by atoms with van der Waals surface area (Å²) in [5, 5.41) is 6.99. The molecule has 0 aliphatic heterocycles. The molecule has 6 aromatic carbocycles. The average molecular weight is 513 g/mol. The fraction of sp³-hybridized carbons (Fsp3) is 0. The molecule has 2 heterocycles. The molecule has 8 aromatic rings. The highest BCUT2D eigenvalue weighted by Crippen LogP contribution is 2.44. The molecular formula is C37H24N2O. The molecule has 2 aromatic heterocycles. The van der Waals surface area contributed by atoms with Gasteiger partial charge in [-0.25, -0.2) is 0 Å². The smallest absolute Gasteiger partial charge is 0.138 e. The van der Waals surface area contributed by atoms with Crippen molar-refractivity contribution in [3.05, 3.63) is 146 Å². The summed E-state index contributed by atoms with van der Waals surface area (Å²) in [6.45, 7) is 0. The van der Waals surface area contributed by atoms with Crippen LogP contribution in [0.25, 0.3) is 54.6 Å². The van der Waals surface area contributed by atoms with E-state index in [2.05, 4.69) is 125 Å². The standard InChI is InChI=1S/C37H24N2O/c1-2-7-25(8-3-1)26-15-18-29(19-16-26)39(34-11-6-12-36-37(34)33-24-38-22-21-35(33)40-36)30-20-17-28-14-13-27-9-4-5-10-31(27)32(28)23-30/h1-24H. The van der Waals surface area contributed by atoms with Crippen molar-refractivity contribution in [2.45, 2.75) is 0 Å². The van der Waals surface area contributed by atoms with Crippen molar-refractivity contribution in [2.24, 2.45) is 0 Å². The Kier molecular flexibility index (Phi) is 5.14. The number of furan rings is 1. The van der Waals surface area contributed by atoms with Crippen LogP contribution in [0.2, 0.25) is 0 Å². The number of rotatable bonds is 4. The van der Waals surface area contributed by atoms with Gasteiger partial charge in [0.15, 0.2) is 0 Å². The van der Waals surface area contributed by atoms with E-state index in [1.807, 2.05) is 24.4 Å². The number of aromatic nitrogens is 1. The van der Waals surface area contributed by atoms with Crippen LogP contribution in [0.15, 0.2) is 150 Å². The SMILES string of the molecule is c1ccc(-c2ccc(N(c3ccc4ccc5ccccc5c4c3)c3cccc4oc5ccncc5c34)cc2)cc1. The molecule has 0 atom stereocenters. The van der Waals surface area contributed by atoms with Crippen LogP contribution >= 0.6 is 0 Å². The molecule has 188 valence electrons. The second-order valence-electron chi connectivity index (χ2n) is 10.1. The predicted molar refractivity (Wildman–Crippen MR) is 167 cm³/mol. The third kappa shape index (κ3) is 3.63. The van der Waals surface area contributed by atoms with E-state index in [1.165, 1.54) is 32.7 Å². The molecule has 3 heteroatoms. The molecule has 0 saturated carbocycles. The first-order valence-corrected chi connectivity index (χ1v) is 13.5. The minimum atomic E-state index is 0.835. The first-order chi connectivity index (χ1) is 19.8. The number of hydrogen-bond acceptors (Lipinski definition) is 3. The first kappa shape index (κ1) is 22.6. The van der Waals surface area contributed by atoms with Crippen LogP contribution in [-0.2, 0) is 0 Å². The van der Waals surface area contributed by atoms with Crippen molar-refractivity contribution < 1.29 is 4.42 Å². The molecule has 0 aliphatic carbocycles. The number of pyridine rings is 1. The molecule has 0 bridgehead atoms. The van der Waals surface area contributed by atoms with Crippen LogP contribution in [0.1, 0.15) is 0 Å². The van der Waals surface area contributed by atoms with Crippen LogP contribution in [0.3, 0.4) is 0 Å². The van der Waals surface area contributed by atoms with Gasteiger partial charge >= 0.3 is 0 Å². The third-order valence-electron chi connectivity index (χ3n) is 7.74. The minimum Gasteiger partial charge on any atom is -0.456 e. The summed E-state index contributed by atoms with van der Waals surface area (Å²) in [7, 11) is 0. The molecular weight excluding hydrogens is 488 g/mol. The van der Waals surface area contributed by atoms with Crippen LogP contribution < -0.4 is 4.90 Å². The van der Waals surface area contributed by atoms with Crippen LogP contribution in [0.5, 0.6) is 0 Å². The summed E-state index contributed by atoms with van der Waals surface area (Å²) < 4.78 is 6.25. The Morgan fingerprint density at radius 1 is 0.500 bits per heavy atom. The van der Waals surface area contributed by atoms with E-state index in [4.69, 9.17) is 4.42 Å². The van der Waals surface area contributed by atoms with Gasteiger partial charge in [-0.1, -0.05) is 91.0 Å². The highest BCUT2D eigenvalue weighted by molar-refractivity contribution is 6.14. The van der Waals surface area contributed by atoms with E-state index in [0.29, 0.717) is 0 Å². The van der Waals surface area contributed by atoms with Crippen molar-refractivity contribution in [1.82, 2.24) is 4.98 Å². The van der Waals surface area contributed by atoms with Crippen molar-refractivity contribution >= 4 is 60.5 Å². The monoisotopic (exact) mass is 512 g/mol. The van der Waals surface area contributed by atoms with Gasteiger partial charge in [-0.15, -0.1) is 0 Å². The fourth-order valence-electron chi connectivity index (χ4n) is 5.83. The van der Waals surface area contributed by atoms with Crippen LogP contribution in [-0.4, -0.2) is 4.98 Å². The topological polar surface area (TPSA) is 29.3 Å². The maximum Gasteiger partial charge on any atom is 0.138 e. The number of hydrogen-bond donors (Lipinski definition) is 0. The van der Waals surface area contributed by atoms with Gasteiger partial charge in [-0.3, -0.25) is 4.98 Å². The Morgan fingerprint density at radius 2 is 1.23 bits per heavy atom. The Morgan fingerprint density at radius 3 is 2.10 bits per heavy atom. The molecule has 0 N–H and O–H groups in total. The lowest BCUT2D eigenvalue weighted by Crippen LogP contribution is -2.10. The number of benzene rings is 6. The van der Waals surface area contributed by atoms with Gasteiger partial charge in [0, 0.05) is 29.2 Å². The molecule has 40 heavy (non-hydrogen) atoms. The van der Waals surface area contributed by atoms with Crippen LogP contribution in [0.4, 0.5) is 17.1 Å². The average Bonchev–Trinajstić information content (AvgIpc) is 3.41. The second kappa shape index (κ2) is 9.11. The second-order valence-corrected chi connectivity index (χ2v) is 10.1. The lowest BCUT2D eigenvalue weighted by molar-refractivity contribution is 0.668. The van der Waals surface area contributed by atoms with Crippen molar-refractivity contribution in [2.75, 3.05) is 4.90 Å². The Bertz CT molecular complexity index is 2160. The van der Waals surface area contributed by atoms with Crippen LogP contribution in [0, 0.1) is 0 Å². The predicted octanol–water partition coefficient (Wildman–Crippen LogP) is 10.4. The molecule has 0 fully saturated rings. The fourth-order valence-corrected chi connectivity index (χ4v) is 5.83. The summed E-state index contributed by atoms with van der Waals surface area (Å²) >= 11 is 0. The highest BCUT2D eigenvalue weighted by atomic mass is 16.3. The van der Waals surface area contributed by atoms with Gasteiger partial charge in [0.05, 0.1) is 11.1 Å². The molecule has 0 spiro atoms. The maximum atomic E-state index is 6.25. The van der Waals surface area contributed by atoms with Gasteiger partial charge < -0.3 is 9.32 Å². The Balaban J connectivity index is 1.39. The van der Waals surface area contributed by atoms with Gasteiger partial charge in [-0.2, -0.15) is 0 Å². The quantitative estimate of drug-likeness (QED) is 0.220. The normalized spacial score (nSPS) is 11.5. The zero-order valence-corrected chi connectivity index (χ0v) is 21.7. The maximum absolute atomic E-state index is 6.25. The van der Waals surface area contributed by atoms with Gasteiger partial charge in [0.2, 0.25) is 0 Å². The Hall–Kier alpha value is -5.41. The molecule has 0 amide bonds. The van der Waals surface area contributed by atoms with Gasteiger partial charge in [0.1, 0.15) is 11.2 Å². The number of anilines is 3. The summed E-state index contributed by atoms with van der Waals surface area (Å²) in [5.74, 6) is 0. The molecule has 3 nitrogen and oxygen atoms in total. The highest BCUT2D eigenvalue weighted by Gasteiger charge is 2.20. The van der Waals surface area contributed by atoms with Gasteiger partial charge in [-0.05, 0) is 75.1 Å². The lowest BCUT2D eigenvalue weighted by Gasteiger charge is -2.27. The molecule has 0 unspecified atom stereocenters. The van der Waals surface area contributed by atoms with E-state index in [9.17, 15) is 0 Å². The largest absolute Gasteiger partial charge is 0.456 e. The zero-order chi connectivity index (χ0) is 26.5. The van der Waals surface area contributed by atoms with E-state index in [-0.39, 0.29) is 0 Å². The third-order valence-corrected chi connectivity index (χ3v) is 7.74. The summed E-state index contributed by atoms with van der Waals surface area (Å²) in [6.07, 6.45) is 3.67. The molecule has 8 rings (SSSR count). The first-order valence-electron chi connectivity index (χ1n) is 13.5. The molecule has 0 saturated heterocycles.